The molecule has 0 saturated carbocycles. The van der Waals surface area contributed by atoms with Crippen LogP contribution in [0.15, 0.2) is 0 Å². The molecular weight excluding hydrogens is 218 g/mol. The quantitative estimate of drug-likeness (QED) is 0.413. The van der Waals surface area contributed by atoms with Crippen molar-refractivity contribution in [3.63, 3.8) is 0 Å². The van der Waals surface area contributed by atoms with Crippen molar-refractivity contribution in [3.05, 3.63) is 0 Å². The molecule has 0 heterocycles. The average Bonchev–Trinajstić information content (AvgIpc) is 2.29. The third-order valence-electron chi connectivity index (χ3n) is 3.67. The first kappa shape index (κ1) is 18.0. The monoisotopic (exact) mass is 255 g/mol. The smallest absolute Gasteiger partial charge is 0.00970 e. The van der Waals surface area contributed by atoms with Crippen LogP contribution in [-0.4, -0.2) is 5.54 Å². The second-order valence-electron chi connectivity index (χ2n) is 6.63. The molecular formula is C17H37N. The molecule has 0 unspecified atom stereocenters. The molecule has 0 aliphatic heterocycles. The molecule has 0 fully saturated rings. The standard InChI is InChI=1S/C17H37N/c1-4-5-6-7-8-9-10-11-12-13-14-15-16-17(2,3)18/h4-16,18H2,1-3H3. The summed E-state index contributed by atoms with van der Waals surface area (Å²) >= 11 is 0. The van der Waals surface area contributed by atoms with E-state index in [4.69, 9.17) is 5.73 Å². The van der Waals surface area contributed by atoms with E-state index < -0.39 is 0 Å². The Hall–Kier alpha value is -0.0400. The molecule has 0 aromatic rings. The maximum absolute atomic E-state index is 5.97. The number of hydrogen-bond acceptors (Lipinski definition) is 1. The fraction of sp³-hybridized carbons (Fsp3) is 1.00. The van der Waals surface area contributed by atoms with Gasteiger partial charge in [-0.1, -0.05) is 84.0 Å². The Morgan fingerprint density at radius 3 is 1.28 bits per heavy atom. The molecule has 1 nitrogen and oxygen atoms in total. The minimum absolute atomic E-state index is 0.0402. The average molecular weight is 255 g/mol. The molecule has 0 saturated heterocycles. The van der Waals surface area contributed by atoms with Crippen molar-refractivity contribution in [1.29, 1.82) is 0 Å². The van der Waals surface area contributed by atoms with Crippen LogP contribution in [0.2, 0.25) is 0 Å². The predicted octanol–water partition coefficient (Wildman–Crippen LogP) is 5.81. The lowest BCUT2D eigenvalue weighted by atomic mass is 9.97. The van der Waals surface area contributed by atoms with Crippen molar-refractivity contribution in [2.45, 2.75) is 110 Å². The molecule has 1 heteroatoms. The van der Waals surface area contributed by atoms with Crippen molar-refractivity contribution in [1.82, 2.24) is 0 Å². The SMILES string of the molecule is CCCCCCCCCCCCCCC(C)(C)N. The van der Waals surface area contributed by atoms with Crippen LogP contribution >= 0.6 is 0 Å². The number of rotatable bonds is 13. The van der Waals surface area contributed by atoms with Gasteiger partial charge in [0.05, 0.1) is 0 Å². The third-order valence-corrected chi connectivity index (χ3v) is 3.67. The van der Waals surface area contributed by atoms with E-state index in [1.165, 1.54) is 83.5 Å². The number of nitrogens with two attached hydrogens (primary N) is 1. The molecule has 2 N–H and O–H groups in total. The maximum Gasteiger partial charge on any atom is 0.00970 e. The van der Waals surface area contributed by atoms with Gasteiger partial charge in [0.1, 0.15) is 0 Å². The zero-order chi connectivity index (χ0) is 13.7. The van der Waals surface area contributed by atoms with Crippen LogP contribution in [0.1, 0.15) is 104 Å². The second-order valence-corrected chi connectivity index (χ2v) is 6.63. The van der Waals surface area contributed by atoms with Gasteiger partial charge in [0.2, 0.25) is 0 Å². The first-order valence-electron chi connectivity index (χ1n) is 8.35. The lowest BCUT2D eigenvalue weighted by Crippen LogP contribution is -2.31. The highest BCUT2D eigenvalue weighted by Gasteiger charge is 2.08. The molecule has 0 spiro atoms. The van der Waals surface area contributed by atoms with Gasteiger partial charge in [-0.2, -0.15) is 0 Å². The van der Waals surface area contributed by atoms with Crippen molar-refractivity contribution >= 4 is 0 Å². The van der Waals surface area contributed by atoms with E-state index in [2.05, 4.69) is 20.8 Å². The van der Waals surface area contributed by atoms with E-state index in [0.29, 0.717) is 0 Å². The first-order chi connectivity index (χ1) is 8.56. The highest BCUT2D eigenvalue weighted by molar-refractivity contribution is 4.70. The Bertz CT molecular complexity index is 157. The van der Waals surface area contributed by atoms with Crippen LogP contribution in [0.4, 0.5) is 0 Å². The highest BCUT2D eigenvalue weighted by Crippen LogP contribution is 2.14. The summed E-state index contributed by atoms with van der Waals surface area (Å²) in [6, 6.07) is 0. The van der Waals surface area contributed by atoms with Crippen LogP contribution in [-0.2, 0) is 0 Å². The fourth-order valence-electron chi connectivity index (χ4n) is 2.42. The van der Waals surface area contributed by atoms with Crippen molar-refractivity contribution in [2.75, 3.05) is 0 Å². The lowest BCUT2D eigenvalue weighted by Gasteiger charge is -2.17. The molecule has 0 rings (SSSR count). The van der Waals surface area contributed by atoms with Gasteiger partial charge in [-0.15, -0.1) is 0 Å². The van der Waals surface area contributed by atoms with Crippen molar-refractivity contribution in [3.8, 4) is 0 Å². The van der Waals surface area contributed by atoms with Gasteiger partial charge in [0.15, 0.2) is 0 Å². The van der Waals surface area contributed by atoms with E-state index in [1.54, 1.807) is 0 Å². The molecule has 0 amide bonds. The summed E-state index contributed by atoms with van der Waals surface area (Å²) in [7, 11) is 0. The predicted molar refractivity (Wildman–Crippen MR) is 84.0 cm³/mol. The van der Waals surface area contributed by atoms with Crippen LogP contribution < -0.4 is 5.73 Å². The second kappa shape index (κ2) is 12.0. The molecule has 0 bridgehead atoms. The van der Waals surface area contributed by atoms with Gasteiger partial charge in [-0.05, 0) is 20.3 Å². The third kappa shape index (κ3) is 16.0. The van der Waals surface area contributed by atoms with Gasteiger partial charge in [0, 0.05) is 5.54 Å². The molecule has 0 radical (unpaired) electrons. The molecule has 0 aliphatic carbocycles. The normalized spacial score (nSPS) is 12.0. The van der Waals surface area contributed by atoms with Gasteiger partial charge in [-0.3, -0.25) is 0 Å². The van der Waals surface area contributed by atoms with E-state index in [1.807, 2.05) is 0 Å². The van der Waals surface area contributed by atoms with Crippen LogP contribution in [0.25, 0.3) is 0 Å². The zero-order valence-electron chi connectivity index (χ0n) is 13.3. The lowest BCUT2D eigenvalue weighted by molar-refractivity contribution is 0.440. The number of hydrogen-bond donors (Lipinski definition) is 1. The summed E-state index contributed by atoms with van der Waals surface area (Å²) in [6.07, 6.45) is 18.2. The van der Waals surface area contributed by atoms with Gasteiger partial charge in [-0.25, -0.2) is 0 Å². The Labute approximate surface area is 116 Å². The van der Waals surface area contributed by atoms with E-state index >= 15 is 0 Å². The molecule has 110 valence electrons. The van der Waals surface area contributed by atoms with Crippen LogP contribution in [0.5, 0.6) is 0 Å². The topological polar surface area (TPSA) is 26.0 Å². The zero-order valence-corrected chi connectivity index (χ0v) is 13.3. The van der Waals surface area contributed by atoms with Crippen LogP contribution in [0.3, 0.4) is 0 Å². The summed E-state index contributed by atoms with van der Waals surface area (Å²) in [6.45, 7) is 6.54. The Morgan fingerprint density at radius 1 is 0.611 bits per heavy atom. The van der Waals surface area contributed by atoms with Gasteiger partial charge >= 0.3 is 0 Å². The van der Waals surface area contributed by atoms with E-state index in [9.17, 15) is 0 Å². The van der Waals surface area contributed by atoms with Crippen LogP contribution in [0, 0.1) is 0 Å². The van der Waals surface area contributed by atoms with E-state index in [-0.39, 0.29) is 5.54 Å². The largest absolute Gasteiger partial charge is 0.326 e. The molecule has 0 aromatic carbocycles. The molecule has 0 aromatic heterocycles. The van der Waals surface area contributed by atoms with Gasteiger partial charge < -0.3 is 5.73 Å². The fourth-order valence-corrected chi connectivity index (χ4v) is 2.42. The molecule has 0 aliphatic rings. The Kier molecular flexibility index (Phi) is 12.0. The Morgan fingerprint density at radius 2 is 0.944 bits per heavy atom. The minimum Gasteiger partial charge on any atom is -0.326 e. The summed E-state index contributed by atoms with van der Waals surface area (Å²) in [5.41, 5.74) is 6.01. The first-order valence-corrected chi connectivity index (χ1v) is 8.35. The van der Waals surface area contributed by atoms with Crippen molar-refractivity contribution in [2.24, 2.45) is 5.73 Å². The Balaban J connectivity index is 2.99. The summed E-state index contributed by atoms with van der Waals surface area (Å²) in [5, 5.41) is 0. The molecule has 18 heavy (non-hydrogen) atoms. The summed E-state index contributed by atoms with van der Waals surface area (Å²) < 4.78 is 0. The van der Waals surface area contributed by atoms with E-state index in [0.717, 1.165) is 0 Å². The van der Waals surface area contributed by atoms with Crippen molar-refractivity contribution < 1.29 is 0 Å². The highest BCUT2D eigenvalue weighted by atomic mass is 14.7. The number of unbranched alkanes of at least 4 members (excludes halogenated alkanes) is 11. The maximum atomic E-state index is 5.97. The molecule has 0 atom stereocenters. The summed E-state index contributed by atoms with van der Waals surface area (Å²) in [4.78, 5) is 0. The van der Waals surface area contributed by atoms with Gasteiger partial charge in [0.25, 0.3) is 0 Å². The minimum atomic E-state index is 0.0402. The summed E-state index contributed by atoms with van der Waals surface area (Å²) in [5.74, 6) is 0.